The van der Waals surface area contributed by atoms with Gasteiger partial charge in [0.05, 0.1) is 30.9 Å². The van der Waals surface area contributed by atoms with Gasteiger partial charge in [0, 0.05) is 44.5 Å². The average molecular weight is 587 g/mol. The number of carbonyl (C=O) groups excluding carboxylic acids is 1. The summed E-state index contributed by atoms with van der Waals surface area (Å²) < 4.78 is 16.8. The number of fused-ring (bicyclic) bond motifs is 1. The maximum absolute atomic E-state index is 12.4. The van der Waals surface area contributed by atoms with Gasteiger partial charge in [0.2, 0.25) is 5.95 Å². The van der Waals surface area contributed by atoms with Crippen LogP contribution >= 0.6 is 0 Å². The van der Waals surface area contributed by atoms with Crippen LogP contribution in [0.25, 0.3) is 22.3 Å². The molecule has 1 saturated carbocycles. The summed E-state index contributed by atoms with van der Waals surface area (Å²) in [6.45, 7) is 9.90. The van der Waals surface area contributed by atoms with Crippen LogP contribution in [0.1, 0.15) is 39.2 Å². The van der Waals surface area contributed by atoms with Crippen molar-refractivity contribution in [1.82, 2.24) is 34.7 Å². The molecule has 1 aromatic carbocycles. The summed E-state index contributed by atoms with van der Waals surface area (Å²) in [7, 11) is 1.61. The number of rotatable bonds is 9. The van der Waals surface area contributed by atoms with E-state index in [2.05, 4.69) is 30.2 Å². The average Bonchev–Trinajstić information content (AvgIpc) is 3.73. The number of pyridine rings is 1. The summed E-state index contributed by atoms with van der Waals surface area (Å²) in [5, 5.41) is 3.30. The predicted octanol–water partition coefficient (Wildman–Crippen LogP) is 5.01. The molecule has 4 aromatic rings. The topological polar surface area (TPSA) is 131 Å². The number of benzene rings is 1. The van der Waals surface area contributed by atoms with E-state index in [9.17, 15) is 4.79 Å². The second kappa shape index (κ2) is 12.0. The molecule has 0 atom stereocenters. The first-order valence-electron chi connectivity index (χ1n) is 14.7. The molecule has 1 aliphatic heterocycles. The second-order valence-corrected chi connectivity index (χ2v) is 12.1. The van der Waals surface area contributed by atoms with Gasteiger partial charge in [0.1, 0.15) is 17.1 Å². The first kappa shape index (κ1) is 28.7. The first-order chi connectivity index (χ1) is 20.7. The number of hydrogen-bond donors (Lipinski definition) is 2. The Morgan fingerprint density at radius 1 is 1.07 bits per heavy atom. The number of anilines is 2. The molecule has 1 saturated heterocycles. The molecule has 6 rings (SSSR count). The molecule has 4 heterocycles. The minimum atomic E-state index is -0.491. The van der Waals surface area contributed by atoms with E-state index < -0.39 is 5.60 Å². The van der Waals surface area contributed by atoms with E-state index in [1.807, 2.05) is 51.1 Å². The van der Waals surface area contributed by atoms with Crippen LogP contribution in [0.15, 0.2) is 42.7 Å². The number of carbonyl (C=O) groups is 1. The summed E-state index contributed by atoms with van der Waals surface area (Å²) in [6, 6.07) is 10.3. The normalized spacial score (nSPS) is 15.9. The van der Waals surface area contributed by atoms with E-state index in [4.69, 9.17) is 19.2 Å². The standard InChI is InChI=1S/C31H38N8O4/c1-31(2,3)43-30(40)39-13-11-38(12-14-39)18-21-9-10-32-26(15-21)36-28-34-23-8-7-22(16-24(23)35-28)27-25(41-4)17-33-29(37-27)42-19-20-5-6-20/h7-10,15-17,20H,5-6,11-14,18-19H2,1-4H3,(H2,32,34,35,36). The van der Waals surface area contributed by atoms with Crippen molar-refractivity contribution in [2.45, 2.75) is 45.8 Å². The Hall–Kier alpha value is -4.45. The molecule has 226 valence electrons. The van der Waals surface area contributed by atoms with Gasteiger partial charge in [-0.15, -0.1) is 0 Å². The highest BCUT2D eigenvalue weighted by Crippen LogP contribution is 2.33. The number of H-pyrrole nitrogens is 1. The van der Waals surface area contributed by atoms with Crippen LogP contribution in [0.3, 0.4) is 0 Å². The van der Waals surface area contributed by atoms with Crippen molar-refractivity contribution >= 4 is 28.9 Å². The molecule has 3 aromatic heterocycles. The van der Waals surface area contributed by atoms with E-state index in [0.29, 0.717) is 54.8 Å². The number of nitrogens with one attached hydrogen (secondary N) is 2. The van der Waals surface area contributed by atoms with E-state index in [0.717, 1.165) is 41.8 Å². The van der Waals surface area contributed by atoms with Gasteiger partial charge in [-0.2, -0.15) is 9.97 Å². The second-order valence-electron chi connectivity index (χ2n) is 12.1. The van der Waals surface area contributed by atoms with Gasteiger partial charge < -0.3 is 29.4 Å². The van der Waals surface area contributed by atoms with E-state index >= 15 is 0 Å². The van der Waals surface area contributed by atoms with Crippen LogP contribution in [0.4, 0.5) is 16.6 Å². The van der Waals surface area contributed by atoms with Crippen molar-refractivity contribution < 1.29 is 19.0 Å². The molecule has 2 aliphatic rings. The molecular formula is C31H38N8O4. The largest absolute Gasteiger partial charge is 0.493 e. The number of ether oxygens (including phenoxy) is 3. The minimum absolute atomic E-state index is 0.251. The number of methoxy groups -OCH3 is 1. The number of piperazine rings is 1. The molecule has 43 heavy (non-hydrogen) atoms. The lowest BCUT2D eigenvalue weighted by atomic mass is 10.1. The molecule has 12 heteroatoms. The zero-order valence-corrected chi connectivity index (χ0v) is 25.1. The molecule has 12 nitrogen and oxygen atoms in total. The van der Waals surface area contributed by atoms with E-state index in [-0.39, 0.29) is 6.09 Å². The summed E-state index contributed by atoms with van der Waals surface area (Å²) in [5.41, 5.74) is 3.82. The Morgan fingerprint density at radius 3 is 2.63 bits per heavy atom. The maximum atomic E-state index is 12.4. The monoisotopic (exact) mass is 586 g/mol. The Morgan fingerprint density at radius 2 is 1.88 bits per heavy atom. The van der Waals surface area contributed by atoms with Crippen LogP contribution < -0.4 is 14.8 Å². The summed E-state index contributed by atoms with van der Waals surface area (Å²) >= 11 is 0. The number of nitrogens with zero attached hydrogens (tertiary/aromatic N) is 6. The third kappa shape index (κ3) is 7.31. The van der Waals surface area contributed by atoms with Crippen molar-refractivity contribution in [3.63, 3.8) is 0 Å². The smallest absolute Gasteiger partial charge is 0.410 e. The van der Waals surface area contributed by atoms with Crippen molar-refractivity contribution in [3.8, 4) is 23.0 Å². The molecular weight excluding hydrogens is 548 g/mol. The Balaban J connectivity index is 1.10. The van der Waals surface area contributed by atoms with Gasteiger partial charge in [-0.25, -0.2) is 14.8 Å². The molecule has 2 N–H and O–H groups in total. The highest BCUT2D eigenvalue weighted by molar-refractivity contribution is 5.84. The Labute approximate surface area is 250 Å². The highest BCUT2D eigenvalue weighted by atomic mass is 16.6. The van der Waals surface area contributed by atoms with Gasteiger partial charge in [0.15, 0.2) is 5.75 Å². The van der Waals surface area contributed by atoms with E-state index in [1.54, 1.807) is 24.4 Å². The van der Waals surface area contributed by atoms with Crippen LogP contribution in [-0.4, -0.2) is 86.3 Å². The van der Waals surface area contributed by atoms with Crippen LogP contribution in [0.2, 0.25) is 0 Å². The molecule has 2 fully saturated rings. The lowest BCUT2D eigenvalue weighted by molar-refractivity contribution is 0.0139. The fourth-order valence-electron chi connectivity index (χ4n) is 4.91. The predicted molar refractivity (Wildman–Crippen MR) is 162 cm³/mol. The highest BCUT2D eigenvalue weighted by Gasteiger charge is 2.26. The van der Waals surface area contributed by atoms with Crippen molar-refractivity contribution in [2.24, 2.45) is 5.92 Å². The third-order valence-electron chi connectivity index (χ3n) is 7.35. The van der Waals surface area contributed by atoms with Crippen LogP contribution in [0.5, 0.6) is 11.8 Å². The van der Waals surface area contributed by atoms with Gasteiger partial charge in [-0.05, 0) is 69.4 Å². The zero-order valence-electron chi connectivity index (χ0n) is 25.1. The van der Waals surface area contributed by atoms with Gasteiger partial charge in [-0.1, -0.05) is 6.07 Å². The third-order valence-corrected chi connectivity index (χ3v) is 7.35. The quantitative estimate of drug-likeness (QED) is 0.276. The molecule has 1 amide bonds. The molecule has 0 spiro atoms. The number of hydrogen-bond acceptors (Lipinski definition) is 10. The molecule has 0 radical (unpaired) electrons. The molecule has 1 aliphatic carbocycles. The lowest BCUT2D eigenvalue weighted by Crippen LogP contribution is -2.49. The van der Waals surface area contributed by atoms with Crippen molar-refractivity contribution in [1.29, 1.82) is 0 Å². The molecule has 0 bridgehead atoms. The number of aromatic amines is 1. The number of imidazole rings is 1. The fourth-order valence-corrected chi connectivity index (χ4v) is 4.91. The van der Waals surface area contributed by atoms with Gasteiger partial charge >= 0.3 is 12.1 Å². The van der Waals surface area contributed by atoms with Crippen molar-refractivity contribution in [2.75, 3.05) is 45.2 Å². The Bertz CT molecular complexity index is 1590. The molecule has 0 unspecified atom stereocenters. The number of aromatic nitrogens is 5. The maximum Gasteiger partial charge on any atom is 0.410 e. The number of amides is 1. The minimum Gasteiger partial charge on any atom is -0.493 e. The summed E-state index contributed by atoms with van der Waals surface area (Å²) in [5.74, 6) is 2.46. The Kier molecular flexibility index (Phi) is 8.02. The first-order valence-corrected chi connectivity index (χ1v) is 14.7. The van der Waals surface area contributed by atoms with Gasteiger partial charge in [-0.3, -0.25) is 4.90 Å². The van der Waals surface area contributed by atoms with Crippen molar-refractivity contribution in [3.05, 3.63) is 48.3 Å². The van der Waals surface area contributed by atoms with Gasteiger partial charge in [0.25, 0.3) is 0 Å². The fraction of sp³-hybridized carbons (Fsp3) is 0.452. The van der Waals surface area contributed by atoms with E-state index in [1.165, 1.54) is 12.8 Å². The summed E-state index contributed by atoms with van der Waals surface area (Å²) in [4.78, 5) is 38.0. The SMILES string of the molecule is COc1cnc(OCC2CC2)nc1-c1ccc2nc(Nc3cc(CN4CCN(C(=O)OC(C)(C)C)CC4)ccn3)[nH]c2c1. The summed E-state index contributed by atoms with van der Waals surface area (Å²) in [6.07, 6.45) is 5.59. The zero-order chi connectivity index (χ0) is 30.0. The van der Waals surface area contributed by atoms with Crippen LogP contribution in [0, 0.1) is 5.92 Å². The van der Waals surface area contributed by atoms with Crippen LogP contribution in [-0.2, 0) is 11.3 Å². The lowest BCUT2D eigenvalue weighted by Gasteiger charge is -2.35.